The lowest BCUT2D eigenvalue weighted by molar-refractivity contribution is 0.306. The molecule has 0 heterocycles. The van der Waals surface area contributed by atoms with Crippen molar-refractivity contribution in [1.29, 1.82) is 0 Å². The third kappa shape index (κ3) is 5.23. The van der Waals surface area contributed by atoms with Gasteiger partial charge in [-0.1, -0.05) is 39.8 Å². The molecule has 0 aliphatic carbocycles. The maximum Gasteiger partial charge on any atom is 0.119 e. The second-order valence-electron chi connectivity index (χ2n) is 5.87. The summed E-state index contributed by atoms with van der Waals surface area (Å²) in [5, 5.41) is 3.42. The van der Waals surface area contributed by atoms with Crippen molar-refractivity contribution in [2.45, 2.75) is 58.9 Å². The highest BCUT2D eigenvalue weighted by atomic mass is 16.5. The van der Waals surface area contributed by atoms with Gasteiger partial charge in [0.05, 0.1) is 0 Å². The normalized spacial score (nSPS) is 13.3. The lowest BCUT2D eigenvalue weighted by Gasteiger charge is -2.23. The van der Waals surface area contributed by atoms with Gasteiger partial charge in [0.1, 0.15) is 12.4 Å². The van der Waals surface area contributed by atoms with Gasteiger partial charge in [0.15, 0.2) is 0 Å². The number of hydrogen-bond acceptors (Lipinski definition) is 2. The quantitative estimate of drug-likeness (QED) is 0.712. The van der Waals surface area contributed by atoms with Crippen LogP contribution in [0.3, 0.4) is 0 Å². The van der Waals surface area contributed by atoms with Gasteiger partial charge in [-0.25, -0.2) is 0 Å². The highest BCUT2D eigenvalue weighted by Crippen LogP contribution is 2.27. The Hall–Kier alpha value is -1.02. The lowest BCUT2D eigenvalue weighted by atomic mass is 9.82. The molecule has 0 saturated heterocycles. The van der Waals surface area contributed by atoms with Gasteiger partial charge in [0.25, 0.3) is 0 Å². The van der Waals surface area contributed by atoms with Crippen LogP contribution in [-0.4, -0.2) is 19.2 Å². The first-order chi connectivity index (χ1) is 8.99. The predicted molar refractivity (Wildman–Crippen MR) is 83.0 cm³/mol. The third-order valence-corrected chi connectivity index (χ3v) is 4.00. The summed E-state index contributed by atoms with van der Waals surface area (Å²) in [4.78, 5) is 0. The summed E-state index contributed by atoms with van der Waals surface area (Å²) >= 11 is 0. The summed E-state index contributed by atoms with van der Waals surface area (Å²) in [6, 6.07) is 9.09. The topological polar surface area (TPSA) is 21.3 Å². The van der Waals surface area contributed by atoms with E-state index in [0.717, 1.165) is 31.7 Å². The molecule has 0 aliphatic rings. The molecular formula is C17H29NO. The van der Waals surface area contributed by atoms with Gasteiger partial charge in [0, 0.05) is 12.6 Å². The van der Waals surface area contributed by atoms with E-state index in [1.54, 1.807) is 0 Å². The molecule has 1 rings (SSSR count). The molecule has 0 aromatic heterocycles. The molecular weight excluding hydrogens is 234 g/mol. The van der Waals surface area contributed by atoms with Gasteiger partial charge < -0.3 is 10.1 Å². The summed E-state index contributed by atoms with van der Waals surface area (Å²) in [5.74, 6) is 0.960. The summed E-state index contributed by atoms with van der Waals surface area (Å²) in [7, 11) is 0. The van der Waals surface area contributed by atoms with Crippen molar-refractivity contribution < 1.29 is 4.74 Å². The summed E-state index contributed by atoms with van der Waals surface area (Å²) in [5.41, 5.74) is 1.62. The van der Waals surface area contributed by atoms with Crippen LogP contribution >= 0.6 is 0 Å². The number of ether oxygens (including phenoxy) is 1. The Bertz CT molecular complexity index is 356. The van der Waals surface area contributed by atoms with E-state index in [-0.39, 0.29) is 5.41 Å². The van der Waals surface area contributed by atoms with E-state index in [0.29, 0.717) is 6.04 Å². The molecule has 2 nitrogen and oxygen atoms in total. The Kier molecular flexibility index (Phi) is 6.36. The van der Waals surface area contributed by atoms with Gasteiger partial charge in [-0.15, -0.1) is 0 Å². The van der Waals surface area contributed by atoms with Crippen LogP contribution in [0.5, 0.6) is 5.75 Å². The van der Waals surface area contributed by atoms with Crippen molar-refractivity contribution in [3.05, 3.63) is 29.8 Å². The Morgan fingerprint density at radius 3 is 2.32 bits per heavy atom. The zero-order valence-corrected chi connectivity index (χ0v) is 13.1. The van der Waals surface area contributed by atoms with Gasteiger partial charge in [-0.05, 0) is 42.9 Å². The average Bonchev–Trinajstić information content (AvgIpc) is 2.43. The Labute approximate surface area is 118 Å². The van der Waals surface area contributed by atoms with E-state index in [1.807, 2.05) is 0 Å². The van der Waals surface area contributed by atoms with E-state index < -0.39 is 0 Å². The van der Waals surface area contributed by atoms with Crippen LogP contribution < -0.4 is 10.1 Å². The molecule has 0 aliphatic heterocycles. The van der Waals surface area contributed by atoms with Crippen LogP contribution in [0.25, 0.3) is 0 Å². The average molecular weight is 263 g/mol. The zero-order valence-electron chi connectivity index (χ0n) is 13.1. The molecule has 0 saturated carbocycles. The number of benzene rings is 1. The first-order valence-electron chi connectivity index (χ1n) is 7.46. The Morgan fingerprint density at radius 2 is 1.79 bits per heavy atom. The molecule has 0 amide bonds. The SMILES string of the molecule is CC[C@H](C)NCCOc1ccc(C(C)(C)CC)cc1. The fourth-order valence-electron chi connectivity index (χ4n) is 1.83. The second kappa shape index (κ2) is 7.54. The monoisotopic (exact) mass is 263 g/mol. The minimum atomic E-state index is 0.247. The second-order valence-corrected chi connectivity index (χ2v) is 5.87. The molecule has 1 aromatic carbocycles. The van der Waals surface area contributed by atoms with E-state index in [4.69, 9.17) is 4.74 Å². The number of rotatable bonds is 8. The first-order valence-corrected chi connectivity index (χ1v) is 7.46. The minimum absolute atomic E-state index is 0.247. The van der Waals surface area contributed by atoms with E-state index in [1.165, 1.54) is 5.56 Å². The van der Waals surface area contributed by atoms with Crippen LogP contribution in [0.4, 0.5) is 0 Å². The molecule has 19 heavy (non-hydrogen) atoms. The van der Waals surface area contributed by atoms with Crippen molar-refractivity contribution in [3.63, 3.8) is 0 Å². The highest BCUT2D eigenvalue weighted by molar-refractivity contribution is 5.31. The molecule has 0 bridgehead atoms. The fourth-order valence-corrected chi connectivity index (χ4v) is 1.83. The van der Waals surface area contributed by atoms with Gasteiger partial charge in [-0.3, -0.25) is 0 Å². The van der Waals surface area contributed by atoms with Crippen molar-refractivity contribution in [1.82, 2.24) is 5.32 Å². The Balaban J connectivity index is 2.41. The maximum atomic E-state index is 5.74. The van der Waals surface area contributed by atoms with Crippen molar-refractivity contribution in [3.8, 4) is 5.75 Å². The molecule has 0 fully saturated rings. The zero-order chi connectivity index (χ0) is 14.3. The van der Waals surface area contributed by atoms with Crippen LogP contribution in [0.2, 0.25) is 0 Å². The lowest BCUT2D eigenvalue weighted by Crippen LogP contribution is -2.29. The van der Waals surface area contributed by atoms with Crippen LogP contribution in [0.15, 0.2) is 24.3 Å². The van der Waals surface area contributed by atoms with Gasteiger partial charge in [-0.2, -0.15) is 0 Å². The van der Waals surface area contributed by atoms with Crippen molar-refractivity contribution >= 4 is 0 Å². The fraction of sp³-hybridized carbons (Fsp3) is 0.647. The summed E-state index contributed by atoms with van der Waals surface area (Å²) in [6.45, 7) is 12.8. The van der Waals surface area contributed by atoms with Crippen LogP contribution in [-0.2, 0) is 5.41 Å². The highest BCUT2D eigenvalue weighted by Gasteiger charge is 2.17. The molecule has 1 atom stereocenters. The van der Waals surface area contributed by atoms with E-state index >= 15 is 0 Å². The summed E-state index contributed by atoms with van der Waals surface area (Å²) in [6.07, 6.45) is 2.30. The van der Waals surface area contributed by atoms with Gasteiger partial charge in [0.2, 0.25) is 0 Å². The van der Waals surface area contributed by atoms with Crippen LogP contribution in [0.1, 0.15) is 53.0 Å². The maximum absolute atomic E-state index is 5.74. The summed E-state index contributed by atoms with van der Waals surface area (Å²) < 4.78 is 5.74. The molecule has 1 aromatic rings. The number of nitrogens with one attached hydrogen (secondary N) is 1. The predicted octanol–water partition coefficient (Wildman–Crippen LogP) is 4.14. The largest absolute Gasteiger partial charge is 0.492 e. The smallest absolute Gasteiger partial charge is 0.119 e. The minimum Gasteiger partial charge on any atom is -0.492 e. The van der Waals surface area contributed by atoms with Crippen LogP contribution in [0, 0.1) is 0 Å². The molecule has 0 spiro atoms. The van der Waals surface area contributed by atoms with E-state index in [9.17, 15) is 0 Å². The molecule has 1 N–H and O–H groups in total. The number of hydrogen-bond donors (Lipinski definition) is 1. The molecule has 2 heteroatoms. The molecule has 0 radical (unpaired) electrons. The van der Waals surface area contributed by atoms with Gasteiger partial charge >= 0.3 is 0 Å². The van der Waals surface area contributed by atoms with Crippen molar-refractivity contribution in [2.24, 2.45) is 0 Å². The molecule has 108 valence electrons. The van der Waals surface area contributed by atoms with Crippen molar-refractivity contribution in [2.75, 3.05) is 13.2 Å². The van der Waals surface area contributed by atoms with E-state index in [2.05, 4.69) is 64.2 Å². The molecule has 0 unspecified atom stereocenters. The standard InChI is InChI=1S/C17H29NO/c1-6-14(3)18-12-13-19-16-10-8-15(9-11-16)17(4,5)7-2/h8-11,14,18H,6-7,12-13H2,1-5H3/t14-/m0/s1. The third-order valence-electron chi connectivity index (χ3n) is 4.00. The first kappa shape index (κ1) is 16.0. The Morgan fingerprint density at radius 1 is 1.16 bits per heavy atom.